The first-order chi connectivity index (χ1) is 13.6. The minimum absolute atomic E-state index is 0.0382. The van der Waals surface area contributed by atoms with Crippen LogP contribution in [0.2, 0.25) is 0 Å². The molecule has 0 aliphatic carbocycles. The van der Waals surface area contributed by atoms with Crippen LogP contribution in [0.1, 0.15) is 39.1 Å². The van der Waals surface area contributed by atoms with E-state index in [1.54, 1.807) is 12.1 Å². The molecule has 2 rings (SSSR count). The van der Waals surface area contributed by atoms with Crippen LogP contribution in [0, 0.1) is 20.8 Å². The molecule has 0 fully saturated rings. The maximum absolute atomic E-state index is 12.2. The second kappa shape index (κ2) is 9.66. The first-order valence-corrected chi connectivity index (χ1v) is 8.93. The van der Waals surface area contributed by atoms with Gasteiger partial charge in [0.05, 0.1) is 6.61 Å². The third-order valence-electron chi connectivity index (χ3n) is 4.48. The predicted molar refractivity (Wildman–Crippen MR) is 102 cm³/mol. The van der Waals surface area contributed by atoms with E-state index in [0.717, 1.165) is 17.2 Å². The third kappa shape index (κ3) is 5.64. The topological polar surface area (TPSA) is 149 Å². The van der Waals surface area contributed by atoms with Crippen molar-refractivity contribution in [2.75, 3.05) is 18.5 Å². The number of aliphatic hydroxyl groups excluding tert-OH is 4. The molecule has 29 heavy (non-hydrogen) atoms. The number of hydrogen-bond acceptors (Lipinski definition) is 8. The molecule has 9 heteroatoms. The second-order valence-corrected chi connectivity index (χ2v) is 6.73. The van der Waals surface area contributed by atoms with Crippen LogP contribution in [0.25, 0.3) is 0 Å². The van der Waals surface area contributed by atoms with E-state index in [2.05, 4.69) is 5.32 Å². The van der Waals surface area contributed by atoms with E-state index >= 15 is 0 Å². The maximum atomic E-state index is 12.2. The maximum Gasteiger partial charge on any atom is 0.342 e. The van der Waals surface area contributed by atoms with Crippen molar-refractivity contribution in [2.45, 2.75) is 39.1 Å². The molecule has 0 bridgehead atoms. The summed E-state index contributed by atoms with van der Waals surface area (Å²) in [4.78, 5) is 24.2. The number of carbonyl (C=O) groups is 2. The molecule has 158 valence electrons. The van der Waals surface area contributed by atoms with E-state index in [1.807, 2.05) is 19.9 Å². The Kier molecular flexibility index (Phi) is 7.52. The number of esters is 1. The van der Waals surface area contributed by atoms with Gasteiger partial charge < -0.3 is 34.9 Å². The number of hydrogen-bond donors (Lipinski definition) is 5. The van der Waals surface area contributed by atoms with Crippen LogP contribution in [-0.2, 0) is 9.53 Å². The molecule has 1 aromatic heterocycles. The van der Waals surface area contributed by atoms with Crippen LogP contribution in [0.15, 0.2) is 28.7 Å². The Morgan fingerprint density at radius 1 is 1.10 bits per heavy atom. The third-order valence-corrected chi connectivity index (χ3v) is 4.48. The average Bonchev–Trinajstić information content (AvgIpc) is 3.08. The Bertz CT molecular complexity index is 875. The minimum atomic E-state index is -1.71. The van der Waals surface area contributed by atoms with Crippen molar-refractivity contribution < 1.29 is 39.2 Å². The number of furan rings is 1. The molecule has 3 atom stereocenters. The fourth-order valence-corrected chi connectivity index (χ4v) is 2.57. The SMILES string of the molecule is Cc1ccc(NC(=O)COC(=O)c2cc([C@H](O)[C@H](O)[C@@H](O)CO)oc2C)cc1C. The lowest BCUT2D eigenvalue weighted by atomic mass is 10.1. The van der Waals surface area contributed by atoms with Gasteiger partial charge in [0, 0.05) is 5.69 Å². The molecule has 0 unspecified atom stereocenters. The predicted octanol–water partition coefficient (Wildman–Crippen LogP) is 0.748. The molecule has 0 saturated heterocycles. The molecular formula is C20H25NO8. The number of carbonyl (C=O) groups excluding carboxylic acids is 2. The molecular weight excluding hydrogens is 382 g/mol. The van der Waals surface area contributed by atoms with Crippen molar-refractivity contribution in [1.29, 1.82) is 0 Å². The summed E-state index contributed by atoms with van der Waals surface area (Å²) < 4.78 is 10.2. The van der Waals surface area contributed by atoms with Crippen LogP contribution >= 0.6 is 0 Å². The van der Waals surface area contributed by atoms with Crippen molar-refractivity contribution in [1.82, 2.24) is 0 Å². The van der Waals surface area contributed by atoms with Gasteiger partial charge in [-0.25, -0.2) is 4.79 Å². The minimum Gasteiger partial charge on any atom is -0.463 e. The summed E-state index contributed by atoms with van der Waals surface area (Å²) >= 11 is 0. The highest BCUT2D eigenvalue weighted by Crippen LogP contribution is 2.25. The monoisotopic (exact) mass is 407 g/mol. The molecule has 0 aliphatic rings. The van der Waals surface area contributed by atoms with Gasteiger partial charge in [-0.15, -0.1) is 0 Å². The van der Waals surface area contributed by atoms with Gasteiger partial charge >= 0.3 is 5.97 Å². The summed E-state index contributed by atoms with van der Waals surface area (Å²) in [6.07, 6.45) is -4.96. The molecule has 0 spiro atoms. The lowest BCUT2D eigenvalue weighted by molar-refractivity contribution is -0.119. The van der Waals surface area contributed by atoms with Gasteiger partial charge in [0.1, 0.15) is 35.4 Å². The van der Waals surface area contributed by atoms with E-state index in [-0.39, 0.29) is 17.1 Å². The standard InChI is InChI=1S/C20H25NO8/c1-10-4-5-13(6-11(10)2)21-17(24)9-28-20(27)14-7-16(29-12(14)3)19(26)18(25)15(23)8-22/h4-7,15,18-19,22-23,25-26H,8-9H2,1-3H3,(H,21,24)/t15-,18+,19-/m0/s1. The lowest BCUT2D eigenvalue weighted by Crippen LogP contribution is -2.34. The highest BCUT2D eigenvalue weighted by Gasteiger charge is 2.30. The van der Waals surface area contributed by atoms with E-state index in [1.165, 1.54) is 6.92 Å². The molecule has 9 nitrogen and oxygen atoms in total. The van der Waals surface area contributed by atoms with Gasteiger partial charge in [-0.3, -0.25) is 4.79 Å². The van der Waals surface area contributed by atoms with Crippen LogP contribution in [0.5, 0.6) is 0 Å². The zero-order valence-corrected chi connectivity index (χ0v) is 16.4. The van der Waals surface area contributed by atoms with Gasteiger partial charge in [0.25, 0.3) is 5.91 Å². The van der Waals surface area contributed by atoms with Gasteiger partial charge in [-0.05, 0) is 50.1 Å². The van der Waals surface area contributed by atoms with Crippen molar-refractivity contribution in [3.63, 3.8) is 0 Å². The van der Waals surface area contributed by atoms with Gasteiger partial charge in [0.2, 0.25) is 0 Å². The summed E-state index contributed by atoms with van der Waals surface area (Å²) in [6, 6.07) is 6.55. The van der Waals surface area contributed by atoms with Gasteiger partial charge in [0.15, 0.2) is 6.61 Å². The average molecular weight is 407 g/mol. The van der Waals surface area contributed by atoms with Crippen LogP contribution < -0.4 is 5.32 Å². The number of benzene rings is 1. The number of aryl methyl sites for hydroxylation is 3. The van der Waals surface area contributed by atoms with Crippen LogP contribution in [-0.4, -0.2) is 57.7 Å². The molecule has 0 aliphatic heterocycles. The number of ether oxygens (including phenoxy) is 1. The summed E-state index contributed by atoms with van der Waals surface area (Å²) in [5, 5.41) is 40.6. The first-order valence-electron chi connectivity index (χ1n) is 8.93. The second-order valence-electron chi connectivity index (χ2n) is 6.73. The molecule has 5 N–H and O–H groups in total. The lowest BCUT2D eigenvalue weighted by Gasteiger charge is -2.19. The molecule has 1 amide bonds. The number of aliphatic hydroxyl groups is 4. The summed E-state index contributed by atoms with van der Waals surface area (Å²) in [7, 11) is 0. The normalized spacial score (nSPS) is 14.2. The Morgan fingerprint density at radius 3 is 2.41 bits per heavy atom. The molecule has 0 saturated carbocycles. The molecule has 1 aromatic carbocycles. The van der Waals surface area contributed by atoms with E-state index in [4.69, 9.17) is 14.3 Å². The van der Waals surface area contributed by atoms with Crippen LogP contribution in [0.3, 0.4) is 0 Å². The van der Waals surface area contributed by atoms with Crippen molar-refractivity contribution in [3.8, 4) is 0 Å². The molecule has 2 aromatic rings. The molecule has 1 heterocycles. The van der Waals surface area contributed by atoms with Gasteiger partial charge in [-0.1, -0.05) is 6.07 Å². The highest BCUT2D eigenvalue weighted by molar-refractivity contribution is 5.96. The highest BCUT2D eigenvalue weighted by atomic mass is 16.5. The Labute approximate surface area is 167 Å². The quantitative estimate of drug-likeness (QED) is 0.402. The zero-order valence-electron chi connectivity index (χ0n) is 16.4. The van der Waals surface area contributed by atoms with Crippen molar-refractivity contribution >= 4 is 17.6 Å². The number of amides is 1. The van der Waals surface area contributed by atoms with E-state index in [9.17, 15) is 24.9 Å². The summed E-state index contributed by atoms with van der Waals surface area (Å²) in [6.45, 7) is 4.01. The Balaban J connectivity index is 1.97. The van der Waals surface area contributed by atoms with E-state index < -0.39 is 43.4 Å². The Morgan fingerprint density at radius 2 is 1.79 bits per heavy atom. The fourth-order valence-electron chi connectivity index (χ4n) is 2.57. The summed E-state index contributed by atoms with van der Waals surface area (Å²) in [5.74, 6) is -1.46. The largest absolute Gasteiger partial charge is 0.463 e. The van der Waals surface area contributed by atoms with Crippen molar-refractivity contribution in [2.24, 2.45) is 0 Å². The smallest absolute Gasteiger partial charge is 0.342 e. The van der Waals surface area contributed by atoms with Crippen LogP contribution in [0.4, 0.5) is 5.69 Å². The number of anilines is 1. The Hall–Kier alpha value is -2.72. The summed E-state index contributed by atoms with van der Waals surface area (Å²) in [5.41, 5.74) is 2.63. The fraction of sp³-hybridized carbons (Fsp3) is 0.400. The zero-order chi connectivity index (χ0) is 21.7. The van der Waals surface area contributed by atoms with Crippen molar-refractivity contribution in [3.05, 3.63) is 52.5 Å². The first kappa shape index (κ1) is 22.6. The number of nitrogens with one attached hydrogen (secondary N) is 1. The number of rotatable bonds is 8. The van der Waals surface area contributed by atoms with E-state index in [0.29, 0.717) is 5.69 Å². The van der Waals surface area contributed by atoms with Gasteiger partial charge in [-0.2, -0.15) is 0 Å². The molecule has 0 radical (unpaired) electrons.